The number of amides is 1. The molecule has 0 spiro atoms. The largest absolute Gasteiger partial charge is 0.357 e. The molecular weight excluding hydrogens is 328 g/mol. The summed E-state index contributed by atoms with van der Waals surface area (Å²) in [6.07, 6.45) is 4.52. The predicted molar refractivity (Wildman–Crippen MR) is 94.4 cm³/mol. The van der Waals surface area contributed by atoms with Gasteiger partial charge in [-0.05, 0) is 37.3 Å². The Balaban J connectivity index is 1.37. The minimum Gasteiger partial charge on any atom is -0.357 e. The first-order valence-electron chi connectivity index (χ1n) is 7.91. The van der Waals surface area contributed by atoms with Gasteiger partial charge in [0, 0.05) is 18.3 Å². The van der Waals surface area contributed by atoms with Crippen molar-refractivity contribution in [2.75, 3.05) is 22.5 Å². The van der Waals surface area contributed by atoms with E-state index in [2.05, 4.69) is 21.6 Å². The second-order valence-corrected chi connectivity index (χ2v) is 8.06. The molecule has 1 aromatic heterocycles. The lowest BCUT2D eigenvalue weighted by Gasteiger charge is -2.29. The van der Waals surface area contributed by atoms with Crippen molar-refractivity contribution in [2.45, 2.75) is 36.1 Å². The first-order chi connectivity index (χ1) is 11.3. The third-order valence-electron chi connectivity index (χ3n) is 4.04. The summed E-state index contributed by atoms with van der Waals surface area (Å²) in [6, 6.07) is 8.77. The molecule has 0 atom stereocenters. The number of anilines is 2. The van der Waals surface area contributed by atoms with E-state index in [1.165, 1.54) is 41.5 Å². The average Bonchev–Trinajstić information content (AvgIpc) is 3.28. The quantitative estimate of drug-likeness (QED) is 0.843. The highest BCUT2D eigenvalue weighted by Gasteiger charge is 2.24. The molecule has 2 heterocycles. The SMILES string of the molecule is O=C(CSc1nnc(NC2CC2)s1)N1CCCc2ccccc21. The lowest BCUT2D eigenvalue weighted by Crippen LogP contribution is -2.36. The van der Waals surface area contributed by atoms with E-state index < -0.39 is 0 Å². The summed E-state index contributed by atoms with van der Waals surface area (Å²) in [4.78, 5) is 14.5. The van der Waals surface area contributed by atoms with Crippen LogP contribution in [0, 0.1) is 0 Å². The second-order valence-electron chi connectivity index (χ2n) is 5.86. The molecule has 23 heavy (non-hydrogen) atoms. The summed E-state index contributed by atoms with van der Waals surface area (Å²) in [6.45, 7) is 0.807. The zero-order valence-corrected chi connectivity index (χ0v) is 14.3. The minimum absolute atomic E-state index is 0.147. The van der Waals surface area contributed by atoms with Crippen LogP contribution >= 0.6 is 23.1 Å². The lowest BCUT2D eigenvalue weighted by atomic mass is 10.0. The second kappa shape index (κ2) is 6.49. The molecule has 0 radical (unpaired) electrons. The number of hydrogen-bond acceptors (Lipinski definition) is 6. The summed E-state index contributed by atoms with van der Waals surface area (Å²) in [5.74, 6) is 0.556. The fourth-order valence-electron chi connectivity index (χ4n) is 2.72. The van der Waals surface area contributed by atoms with Crippen molar-refractivity contribution < 1.29 is 4.79 Å². The highest BCUT2D eigenvalue weighted by molar-refractivity contribution is 8.01. The summed E-state index contributed by atoms with van der Waals surface area (Å²) in [5, 5.41) is 12.5. The fourth-order valence-corrected chi connectivity index (χ4v) is 4.43. The summed E-state index contributed by atoms with van der Waals surface area (Å²) >= 11 is 3.01. The molecule has 1 N–H and O–H groups in total. The van der Waals surface area contributed by atoms with Gasteiger partial charge in [-0.1, -0.05) is 41.3 Å². The maximum atomic E-state index is 12.6. The van der Waals surface area contributed by atoms with Crippen LogP contribution in [0.25, 0.3) is 0 Å². The first kappa shape index (κ1) is 15.0. The van der Waals surface area contributed by atoms with Gasteiger partial charge in [-0.2, -0.15) is 0 Å². The number of hydrogen-bond donors (Lipinski definition) is 1. The Kier molecular flexibility index (Phi) is 4.22. The molecule has 0 bridgehead atoms. The van der Waals surface area contributed by atoms with E-state index in [-0.39, 0.29) is 5.91 Å². The van der Waals surface area contributed by atoms with E-state index in [0.717, 1.165) is 34.5 Å². The summed E-state index contributed by atoms with van der Waals surface area (Å²) in [7, 11) is 0. The standard InChI is InChI=1S/C16H18N4OS2/c21-14(20-9-3-5-11-4-1-2-6-13(11)20)10-22-16-19-18-15(23-16)17-12-7-8-12/h1-2,4,6,12H,3,5,7-10H2,(H,17,18). The van der Waals surface area contributed by atoms with Crippen molar-refractivity contribution in [3.8, 4) is 0 Å². The average molecular weight is 346 g/mol. The van der Waals surface area contributed by atoms with E-state index in [4.69, 9.17) is 0 Å². The molecule has 0 saturated heterocycles. The van der Waals surface area contributed by atoms with E-state index in [9.17, 15) is 4.79 Å². The molecule has 0 unspecified atom stereocenters. The van der Waals surface area contributed by atoms with Crippen LogP contribution in [0.3, 0.4) is 0 Å². The van der Waals surface area contributed by atoms with Crippen LogP contribution in [-0.4, -0.2) is 34.4 Å². The van der Waals surface area contributed by atoms with Crippen LogP contribution in [0.1, 0.15) is 24.8 Å². The molecule has 1 fully saturated rings. The molecule has 4 rings (SSSR count). The number of aromatic nitrogens is 2. The zero-order chi connectivity index (χ0) is 15.6. The molecule has 2 aliphatic rings. The zero-order valence-electron chi connectivity index (χ0n) is 12.7. The number of para-hydroxylation sites is 1. The number of aryl methyl sites for hydroxylation is 1. The maximum absolute atomic E-state index is 12.6. The Bertz CT molecular complexity index is 714. The van der Waals surface area contributed by atoms with Crippen molar-refractivity contribution >= 4 is 39.8 Å². The van der Waals surface area contributed by atoms with Crippen LogP contribution < -0.4 is 10.2 Å². The molecule has 1 aliphatic heterocycles. The first-order valence-corrected chi connectivity index (χ1v) is 9.71. The van der Waals surface area contributed by atoms with Crippen LogP contribution in [0.4, 0.5) is 10.8 Å². The van der Waals surface area contributed by atoms with Gasteiger partial charge < -0.3 is 10.2 Å². The molecule has 7 heteroatoms. The smallest absolute Gasteiger partial charge is 0.237 e. The predicted octanol–water partition coefficient (Wildman–Crippen LogP) is 3.18. The monoisotopic (exact) mass is 346 g/mol. The van der Waals surface area contributed by atoms with Crippen molar-refractivity contribution in [2.24, 2.45) is 0 Å². The van der Waals surface area contributed by atoms with Crippen LogP contribution in [-0.2, 0) is 11.2 Å². The molecule has 120 valence electrons. The van der Waals surface area contributed by atoms with Crippen molar-refractivity contribution in [1.29, 1.82) is 0 Å². The van der Waals surface area contributed by atoms with Gasteiger partial charge >= 0.3 is 0 Å². The van der Waals surface area contributed by atoms with Crippen molar-refractivity contribution in [1.82, 2.24) is 10.2 Å². The molecule has 1 saturated carbocycles. The van der Waals surface area contributed by atoms with Crippen molar-refractivity contribution in [3.05, 3.63) is 29.8 Å². The van der Waals surface area contributed by atoms with E-state index in [0.29, 0.717) is 11.8 Å². The molecule has 5 nitrogen and oxygen atoms in total. The number of thioether (sulfide) groups is 1. The van der Waals surface area contributed by atoms with Crippen molar-refractivity contribution in [3.63, 3.8) is 0 Å². The van der Waals surface area contributed by atoms with Gasteiger partial charge in [0.2, 0.25) is 11.0 Å². The summed E-state index contributed by atoms with van der Waals surface area (Å²) in [5.41, 5.74) is 2.33. The Morgan fingerprint density at radius 1 is 1.35 bits per heavy atom. The number of nitrogens with zero attached hydrogens (tertiary/aromatic N) is 3. The highest BCUT2D eigenvalue weighted by Crippen LogP contribution is 2.31. The van der Waals surface area contributed by atoms with Gasteiger partial charge in [0.05, 0.1) is 5.75 Å². The van der Waals surface area contributed by atoms with Gasteiger partial charge in [0.25, 0.3) is 0 Å². The lowest BCUT2D eigenvalue weighted by molar-refractivity contribution is -0.116. The van der Waals surface area contributed by atoms with E-state index in [1.807, 2.05) is 23.1 Å². The van der Waals surface area contributed by atoms with Gasteiger partial charge in [0.1, 0.15) is 0 Å². The number of carbonyl (C=O) groups is 1. The van der Waals surface area contributed by atoms with Gasteiger partial charge in [-0.15, -0.1) is 10.2 Å². The fraction of sp³-hybridized carbons (Fsp3) is 0.438. The third kappa shape index (κ3) is 3.50. The Labute approximate surface area is 143 Å². The maximum Gasteiger partial charge on any atom is 0.237 e. The Morgan fingerprint density at radius 3 is 3.09 bits per heavy atom. The number of carbonyl (C=O) groups excluding carboxylic acids is 1. The van der Waals surface area contributed by atoms with Gasteiger partial charge in [-0.25, -0.2) is 0 Å². The number of fused-ring (bicyclic) bond motifs is 1. The Morgan fingerprint density at radius 2 is 2.22 bits per heavy atom. The van der Waals surface area contributed by atoms with Crippen LogP contribution in [0.5, 0.6) is 0 Å². The molecule has 1 aliphatic carbocycles. The molecule has 2 aromatic rings. The van der Waals surface area contributed by atoms with Gasteiger partial charge in [0.15, 0.2) is 4.34 Å². The molecule has 1 aromatic carbocycles. The summed E-state index contributed by atoms with van der Waals surface area (Å²) < 4.78 is 0.854. The Hall–Kier alpha value is -1.60. The van der Waals surface area contributed by atoms with Gasteiger partial charge in [-0.3, -0.25) is 4.79 Å². The number of benzene rings is 1. The highest BCUT2D eigenvalue weighted by atomic mass is 32.2. The number of nitrogens with one attached hydrogen (secondary N) is 1. The van der Waals surface area contributed by atoms with E-state index >= 15 is 0 Å². The topological polar surface area (TPSA) is 58.1 Å². The minimum atomic E-state index is 0.147. The van der Waals surface area contributed by atoms with Crippen LogP contribution in [0.2, 0.25) is 0 Å². The number of rotatable bonds is 5. The van der Waals surface area contributed by atoms with Crippen LogP contribution in [0.15, 0.2) is 28.6 Å². The normalized spacial score (nSPS) is 17.0. The van der Waals surface area contributed by atoms with E-state index in [1.54, 1.807) is 0 Å². The molecule has 1 amide bonds. The molecular formula is C16H18N4OS2. The third-order valence-corrected chi connectivity index (χ3v) is 6.01.